The zero-order chi connectivity index (χ0) is 20.1. The molecule has 1 N–H and O–H groups in total. The van der Waals surface area contributed by atoms with Gasteiger partial charge in [0.2, 0.25) is 5.91 Å². The summed E-state index contributed by atoms with van der Waals surface area (Å²) in [6, 6.07) is 14.1. The fraction of sp³-hybridized carbons (Fsp3) is 0.190. The number of amides is 1. The summed E-state index contributed by atoms with van der Waals surface area (Å²) in [5.41, 5.74) is 1.87. The van der Waals surface area contributed by atoms with Gasteiger partial charge < -0.3 is 5.32 Å². The first-order chi connectivity index (χ1) is 13.5. The van der Waals surface area contributed by atoms with E-state index in [9.17, 15) is 18.4 Å². The monoisotopic (exact) mass is 383 g/mol. The van der Waals surface area contributed by atoms with Gasteiger partial charge in [0.25, 0.3) is 5.56 Å². The van der Waals surface area contributed by atoms with Crippen LogP contribution in [0.4, 0.5) is 8.78 Å². The molecular formula is C21H19F2N3O2. The van der Waals surface area contributed by atoms with Gasteiger partial charge in [0, 0.05) is 23.7 Å². The SMILES string of the molecule is CCc1ccc(-c2ccc(=O)n(CC(=O)NCc3c(F)cccc3F)n2)cc1. The molecule has 0 fully saturated rings. The second kappa shape index (κ2) is 8.56. The number of carbonyl (C=O) groups is 1. The molecule has 28 heavy (non-hydrogen) atoms. The largest absolute Gasteiger partial charge is 0.350 e. The summed E-state index contributed by atoms with van der Waals surface area (Å²) < 4.78 is 28.3. The highest BCUT2D eigenvalue weighted by Crippen LogP contribution is 2.16. The van der Waals surface area contributed by atoms with Crippen molar-refractivity contribution in [2.24, 2.45) is 0 Å². The molecule has 0 unspecified atom stereocenters. The Morgan fingerprint density at radius 1 is 1.04 bits per heavy atom. The van der Waals surface area contributed by atoms with Crippen LogP contribution < -0.4 is 10.9 Å². The van der Waals surface area contributed by atoms with E-state index in [1.807, 2.05) is 24.3 Å². The van der Waals surface area contributed by atoms with E-state index in [2.05, 4.69) is 17.3 Å². The molecule has 0 aliphatic carbocycles. The lowest BCUT2D eigenvalue weighted by molar-refractivity contribution is -0.122. The third-order valence-electron chi connectivity index (χ3n) is 4.34. The van der Waals surface area contributed by atoms with Crippen molar-refractivity contribution in [3.8, 4) is 11.3 Å². The van der Waals surface area contributed by atoms with Gasteiger partial charge >= 0.3 is 0 Å². The number of aryl methyl sites for hydroxylation is 1. The van der Waals surface area contributed by atoms with Gasteiger partial charge in [-0.25, -0.2) is 13.5 Å². The Kier molecular flexibility index (Phi) is 5.93. The van der Waals surface area contributed by atoms with Crippen LogP contribution in [0.5, 0.6) is 0 Å². The van der Waals surface area contributed by atoms with Crippen LogP contribution in [0.1, 0.15) is 18.1 Å². The molecule has 7 heteroatoms. The molecule has 144 valence electrons. The minimum Gasteiger partial charge on any atom is -0.350 e. The van der Waals surface area contributed by atoms with Crippen molar-refractivity contribution in [2.45, 2.75) is 26.4 Å². The lowest BCUT2D eigenvalue weighted by atomic mass is 10.1. The molecule has 1 aromatic heterocycles. The Bertz CT molecular complexity index is 1030. The molecule has 1 amide bonds. The predicted molar refractivity (Wildman–Crippen MR) is 102 cm³/mol. The van der Waals surface area contributed by atoms with Gasteiger partial charge in [0.15, 0.2) is 0 Å². The molecule has 5 nitrogen and oxygen atoms in total. The van der Waals surface area contributed by atoms with Crippen molar-refractivity contribution in [1.29, 1.82) is 0 Å². The van der Waals surface area contributed by atoms with Crippen LogP contribution in [0, 0.1) is 11.6 Å². The molecule has 0 spiro atoms. The van der Waals surface area contributed by atoms with Crippen molar-refractivity contribution in [2.75, 3.05) is 0 Å². The first-order valence-corrected chi connectivity index (χ1v) is 8.85. The summed E-state index contributed by atoms with van der Waals surface area (Å²) in [5.74, 6) is -2.06. The standard InChI is InChI=1S/C21H19F2N3O2/c1-2-14-6-8-15(9-7-14)19-10-11-21(28)26(25-19)13-20(27)24-12-16-17(22)4-3-5-18(16)23/h3-11H,2,12-13H2,1H3,(H,24,27). The topological polar surface area (TPSA) is 64.0 Å². The fourth-order valence-electron chi connectivity index (χ4n) is 2.71. The third-order valence-corrected chi connectivity index (χ3v) is 4.34. The first-order valence-electron chi connectivity index (χ1n) is 8.85. The van der Waals surface area contributed by atoms with Crippen LogP contribution in [0.2, 0.25) is 0 Å². The molecule has 1 heterocycles. The number of aromatic nitrogens is 2. The van der Waals surface area contributed by atoms with Gasteiger partial charge in [-0.2, -0.15) is 5.10 Å². The molecule has 3 aromatic rings. The molecule has 0 saturated heterocycles. The Balaban J connectivity index is 1.72. The second-order valence-electron chi connectivity index (χ2n) is 6.24. The average Bonchev–Trinajstić information content (AvgIpc) is 2.69. The predicted octanol–water partition coefficient (Wildman–Crippen LogP) is 3.07. The molecule has 0 bridgehead atoms. The third kappa shape index (κ3) is 4.49. The summed E-state index contributed by atoms with van der Waals surface area (Å²) in [6.45, 7) is 1.39. The Labute approximate surface area is 160 Å². The Hall–Kier alpha value is -3.35. The van der Waals surface area contributed by atoms with Crippen LogP contribution in [-0.4, -0.2) is 15.7 Å². The molecule has 0 radical (unpaired) electrons. The number of hydrogen-bond donors (Lipinski definition) is 1. The highest BCUT2D eigenvalue weighted by Gasteiger charge is 2.12. The summed E-state index contributed by atoms with van der Waals surface area (Å²) in [6.07, 6.45) is 0.913. The highest BCUT2D eigenvalue weighted by atomic mass is 19.1. The van der Waals surface area contributed by atoms with Crippen LogP contribution in [-0.2, 0) is 24.3 Å². The average molecular weight is 383 g/mol. The summed E-state index contributed by atoms with van der Waals surface area (Å²) in [4.78, 5) is 24.2. The number of carbonyl (C=O) groups excluding carboxylic acids is 1. The quantitative estimate of drug-likeness (QED) is 0.712. The van der Waals surface area contributed by atoms with E-state index in [1.54, 1.807) is 6.07 Å². The number of hydrogen-bond acceptors (Lipinski definition) is 3. The molecular weight excluding hydrogens is 364 g/mol. The number of rotatable bonds is 6. The molecule has 0 atom stereocenters. The van der Waals surface area contributed by atoms with E-state index >= 15 is 0 Å². The maximum atomic E-state index is 13.6. The smallest absolute Gasteiger partial charge is 0.267 e. The van der Waals surface area contributed by atoms with E-state index in [1.165, 1.54) is 17.7 Å². The maximum absolute atomic E-state index is 13.6. The minimum absolute atomic E-state index is 0.235. The van der Waals surface area contributed by atoms with E-state index in [0.717, 1.165) is 28.8 Å². The first kappa shape index (κ1) is 19.4. The fourth-order valence-corrected chi connectivity index (χ4v) is 2.71. The Morgan fingerprint density at radius 2 is 1.71 bits per heavy atom. The van der Waals surface area contributed by atoms with Crippen LogP contribution in [0.25, 0.3) is 11.3 Å². The zero-order valence-electron chi connectivity index (χ0n) is 15.3. The highest BCUT2D eigenvalue weighted by molar-refractivity contribution is 5.75. The number of nitrogens with one attached hydrogen (secondary N) is 1. The van der Waals surface area contributed by atoms with Crippen molar-refractivity contribution in [1.82, 2.24) is 15.1 Å². The van der Waals surface area contributed by atoms with E-state index in [4.69, 9.17) is 0 Å². The van der Waals surface area contributed by atoms with Gasteiger partial charge in [-0.15, -0.1) is 0 Å². The second-order valence-corrected chi connectivity index (χ2v) is 6.24. The van der Waals surface area contributed by atoms with E-state index < -0.39 is 23.1 Å². The van der Waals surface area contributed by atoms with Crippen LogP contribution >= 0.6 is 0 Å². The molecule has 0 saturated carbocycles. The van der Waals surface area contributed by atoms with Crippen molar-refractivity contribution in [3.63, 3.8) is 0 Å². The van der Waals surface area contributed by atoms with E-state index in [-0.39, 0.29) is 18.7 Å². The van der Waals surface area contributed by atoms with Gasteiger partial charge in [-0.05, 0) is 30.2 Å². The zero-order valence-corrected chi connectivity index (χ0v) is 15.3. The maximum Gasteiger partial charge on any atom is 0.267 e. The summed E-state index contributed by atoms with van der Waals surface area (Å²) in [5, 5.41) is 6.64. The van der Waals surface area contributed by atoms with Crippen molar-refractivity contribution >= 4 is 5.91 Å². The van der Waals surface area contributed by atoms with Crippen LogP contribution in [0.15, 0.2) is 59.4 Å². The minimum atomic E-state index is -0.742. The van der Waals surface area contributed by atoms with Crippen LogP contribution in [0.3, 0.4) is 0 Å². The number of nitrogens with zero attached hydrogens (tertiary/aromatic N) is 2. The summed E-state index contributed by atoms with van der Waals surface area (Å²) >= 11 is 0. The van der Waals surface area contributed by atoms with Crippen molar-refractivity contribution in [3.05, 3.63) is 87.7 Å². The van der Waals surface area contributed by atoms with Crippen molar-refractivity contribution < 1.29 is 13.6 Å². The Morgan fingerprint density at radius 3 is 2.36 bits per heavy atom. The van der Waals surface area contributed by atoms with Gasteiger partial charge in [0.05, 0.1) is 5.69 Å². The molecule has 0 aliphatic heterocycles. The lowest BCUT2D eigenvalue weighted by Gasteiger charge is -2.09. The van der Waals surface area contributed by atoms with E-state index in [0.29, 0.717) is 5.69 Å². The normalized spacial score (nSPS) is 10.7. The van der Waals surface area contributed by atoms with Gasteiger partial charge in [-0.1, -0.05) is 37.3 Å². The molecule has 2 aromatic carbocycles. The van der Waals surface area contributed by atoms with Gasteiger partial charge in [-0.3, -0.25) is 9.59 Å². The lowest BCUT2D eigenvalue weighted by Crippen LogP contribution is -2.33. The number of halogens is 2. The summed E-state index contributed by atoms with van der Waals surface area (Å²) in [7, 11) is 0. The van der Waals surface area contributed by atoms with Gasteiger partial charge in [0.1, 0.15) is 18.2 Å². The molecule has 3 rings (SSSR count). The molecule has 0 aliphatic rings. The number of benzene rings is 2.